The minimum atomic E-state index is -1.13. The predicted molar refractivity (Wildman–Crippen MR) is 106 cm³/mol. The monoisotopic (exact) mass is 414 g/mol. The highest BCUT2D eigenvalue weighted by atomic mass is 32.2. The van der Waals surface area contributed by atoms with Crippen LogP contribution in [-0.2, 0) is 19.2 Å². The van der Waals surface area contributed by atoms with Gasteiger partial charge < -0.3 is 26.0 Å². The van der Waals surface area contributed by atoms with Gasteiger partial charge in [-0.25, -0.2) is 0 Å². The van der Waals surface area contributed by atoms with E-state index >= 15 is 0 Å². The maximum absolute atomic E-state index is 13.1. The van der Waals surface area contributed by atoms with E-state index in [-0.39, 0.29) is 17.9 Å². The largest absolute Gasteiger partial charge is 0.480 e. The molecule has 158 valence electrons. The van der Waals surface area contributed by atoms with Gasteiger partial charge in [0.15, 0.2) is 0 Å². The van der Waals surface area contributed by atoms with E-state index in [4.69, 9.17) is 5.11 Å². The number of hydrogen-bond donors (Lipinski definition) is 4. The molecule has 0 bridgehead atoms. The zero-order valence-corrected chi connectivity index (χ0v) is 17.2. The number of thioether (sulfide) groups is 1. The van der Waals surface area contributed by atoms with Crippen molar-refractivity contribution in [3.63, 3.8) is 0 Å². The fraction of sp³-hybridized carbons (Fsp3) is 0.778. The van der Waals surface area contributed by atoms with Crippen molar-refractivity contribution in [3.05, 3.63) is 0 Å². The summed E-state index contributed by atoms with van der Waals surface area (Å²) in [5.74, 6) is -1.35. The molecule has 28 heavy (non-hydrogen) atoms. The normalized spacial score (nSPS) is 23.9. The lowest BCUT2D eigenvalue weighted by Crippen LogP contribution is -2.56. The fourth-order valence-corrected chi connectivity index (χ4v) is 4.02. The van der Waals surface area contributed by atoms with Crippen LogP contribution in [0.5, 0.6) is 0 Å². The highest BCUT2D eigenvalue weighted by Crippen LogP contribution is 2.20. The average molecular weight is 415 g/mol. The summed E-state index contributed by atoms with van der Waals surface area (Å²) in [4.78, 5) is 50.5. The highest BCUT2D eigenvalue weighted by molar-refractivity contribution is 7.98. The molecule has 2 fully saturated rings. The Morgan fingerprint density at radius 3 is 2.54 bits per heavy atom. The van der Waals surface area contributed by atoms with Crippen LogP contribution in [0.3, 0.4) is 0 Å². The number of likely N-dealkylation sites (tertiary alicyclic amines) is 1. The Balaban J connectivity index is 2.04. The quantitative estimate of drug-likeness (QED) is 0.403. The van der Waals surface area contributed by atoms with Crippen molar-refractivity contribution in [2.75, 3.05) is 25.1 Å². The summed E-state index contributed by atoms with van der Waals surface area (Å²) in [5.41, 5.74) is 0. The smallest absolute Gasteiger partial charge is 0.325 e. The van der Waals surface area contributed by atoms with Crippen LogP contribution in [0.15, 0.2) is 0 Å². The zero-order valence-electron chi connectivity index (χ0n) is 16.4. The minimum absolute atomic E-state index is 0.184. The first-order valence-electron chi connectivity index (χ1n) is 9.71. The van der Waals surface area contributed by atoms with Gasteiger partial charge in [-0.1, -0.05) is 0 Å². The second-order valence-corrected chi connectivity index (χ2v) is 8.24. The molecule has 4 atom stereocenters. The number of carbonyl (C=O) groups is 4. The molecule has 0 saturated carbocycles. The number of carboxylic acid groups (broad SMARTS) is 1. The maximum Gasteiger partial charge on any atom is 0.325 e. The van der Waals surface area contributed by atoms with Gasteiger partial charge in [-0.05, 0) is 57.6 Å². The number of aliphatic carboxylic acids is 1. The van der Waals surface area contributed by atoms with Gasteiger partial charge in [0, 0.05) is 6.54 Å². The third kappa shape index (κ3) is 5.84. The van der Waals surface area contributed by atoms with Crippen LogP contribution in [0.2, 0.25) is 0 Å². The summed E-state index contributed by atoms with van der Waals surface area (Å²) in [5, 5.41) is 17.4. The highest BCUT2D eigenvalue weighted by Gasteiger charge is 2.38. The molecule has 2 saturated heterocycles. The number of carboxylic acids is 1. The SMILES string of the molecule is CSCCC(NC(=O)C1CCCN1)C(=O)N1CCCC1C(=O)NC(C)C(=O)O. The van der Waals surface area contributed by atoms with E-state index in [2.05, 4.69) is 16.0 Å². The molecular weight excluding hydrogens is 384 g/mol. The van der Waals surface area contributed by atoms with Crippen molar-refractivity contribution in [2.45, 2.75) is 63.2 Å². The Hall–Kier alpha value is -1.81. The van der Waals surface area contributed by atoms with Gasteiger partial charge >= 0.3 is 5.97 Å². The number of nitrogens with zero attached hydrogens (tertiary/aromatic N) is 1. The van der Waals surface area contributed by atoms with Crippen LogP contribution in [0.4, 0.5) is 0 Å². The van der Waals surface area contributed by atoms with E-state index in [1.807, 2.05) is 6.26 Å². The molecule has 0 aromatic rings. The molecule has 0 radical (unpaired) electrons. The van der Waals surface area contributed by atoms with E-state index in [0.29, 0.717) is 31.6 Å². The first kappa shape index (κ1) is 22.5. The van der Waals surface area contributed by atoms with Crippen molar-refractivity contribution >= 4 is 35.5 Å². The molecule has 2 aliphatic rings. The molecule has 2 rings (SSSR count). The van der Waals surface area contributed by atoms with E-state index in [1.165, 1.54) is 11.8 Å². The maximum atomic E-state index is 13.1. The van der Waals surface area contributed by atoms with Crippen molar-refractivity contribution in [1.82, 2.24) is 20.9 Å². The summed E-state index contributed by atoms with van der Waals surface area (Å²) in [7, 11) is 0. The molecule has 0 aromatic heterocycles. The van der Waals surface area contributed by atoms with Gasteiger partial charge in [-0.15, -0.1) is 0 Å². The lowest BCUT2D eigenvalue weighted by Gasteiger charge is -2.29. The Morgan fingerprint density at radius 1 is 1.18 bits per heavy atom. The Kier molecular flexibility index (Phi) is 8.56. The van der Waals surface area contributed by atoms with E-state index in [1.54, 1.807) is 11.8 Å². The second-order valence-electron chi connectivity index (χ2n) is 7.25. The molecule has 2 aliphatic heterocycles. The van der Waals surface area contributed by atoms with Crippen LogP contribution in [0.25, 0.3) is 0 Å². The third-order valence-electron chi connectivity index (χ3n) is 5.17. The number of amides is 3. The predicted octanol–water partition coefficient (Wildman–Crippen LogP) is -0.443. The molecule has 0 aromatic carbocycles. The van der Waals surface area contributed by atoms with Crippen LogP contribution >= 0.6 is 11.8 Å². The van der Waals surface area contributed by atoms with Gasteiger partial charge in [0.25, 0.3) is 0 Å². The molecule has 4 unspecified atom stereocenters. The molecule has 9 nitrogen and oxygen atoms in total. The molecule has 3 amide bonds. The van der Waals surface area contributed by atoms with Crippen LogP contribution in [0.1, 0.15) is 39.0 Å². The number of rotatable bonds is 9. The molecule has 2 heterocycles. The summed E-state index contributed by atoms with van der Waals surface area (Å²) < 4.78 is 0. The van der Waals surface area contributed by atoms with E-state index in [0.717, 1.165) is 19.4 Å². The van der Waals surface area contributed by atoms with Gasteiger partial charge in [0.05, 0.1) is 6.04 Å². The van der Waals surface area contributed by atoms with E-state index in [9.17, 15) is 19.2 Å². The lowest BCUT2D eigenvalue weighted by atomic mass is 10.1. The second kappa shape index (κ2) is 10.7. The van der Waals surface area contributed by atoms with Gasteiger partial charge in [-0.3, -0.25) is 19.2 Å². The topological polar surface area (TPSA) is 128 Å². The standard InChI is InChI=1S/C18H30N4O5S/c1-11(18(26)27)20-16(24)14-6-4-9-22(14)17(25)13(7-10-28-2)21-15(23)12-5-3-8-19-12/h11-14,19H,3-10H2,1-2H3,(H,20,24)(H,21,23)(H,26,27). The van der Waals surface area contributed by atoms with Gasteiger partial charge in [0.1, 0.15) is 18.1 Å². The van der Waals surface area contributed by atoms with Crippen LogP contribution < -0.4 is 16.0 Å². The molecule has 4 N–H and O–H groups in total. The van der Waals surface area contributed by atoms with Crippen molar-refractivity contribution in [3.8, 4) is 0 Å². The van der Waals surface area contributed by atoms with Crippen molar-refractivity contribution in [2.24, 2.45) is 0 Å². The molecular formula is C18H30N4O5S. The van der Waals surface area contributed by atoms with Crippen molar-refractivity contribution < 1.29 is 24.3 Å². The van der Waals surface area contributed by atoms with Crippen molar-refractivity contribution in [1.29, 1.82) is 0 Å². The van der Waals surface area contributed by atoms with Crippen LogP contribution in [-0.4, -0.2) is 83.0 Å². The lowest BCUT2D eigenvalue weighted by molar-refractivity contribution is -0.144. The van der Waals surface area contributed by atoms with E-state index < -0.39 is 30.0 Å². The summed E-state index contributed by atoms with van der Waals surface area (Å²) in [6, 6.07) is -2.69. The van der Waals surface area contributed by atoms with Crippen LogP contribution in [0, 0.1) is 0 Å². The van der Waals surface area contributed by atoms with Gasteiger partial charge in [0.2, 0.25) is 17.7 Å². The fourth-order valence-electron chi connectivity index (χ4n) is 3.55. The summed E-state index contributed by atoms with van der Waals surface area (Å²) >= 11 is 1.59. The number of carbonyl (C=O) groups excluding carboxylic acids is 3. The zero-order chi connectivity index (χ0) is 20.7. The Morgan fingerprint density at radius 2 is 1.93 bits per heavy atom. The molecule has 10 heteroatoms. The summed E-state index contributed by atoms with van der Waals surface area (Å²) in [6.45, 7) is 2.60. The third-order valence-corrected chi connectivity index (χ3v) is 5.81. The number of nitrogens with one attached hydrogen (secondary N) is 3. The Labute approximate surface area is 169 Å². The first-order chi connectivity index (χ1) is 13.3. The number of hydrogen-bond acceptors (Lipinski definition) is 6. The Bertz CT molecular complexity index is 597. The summed E-state index contributed by atoms with van der Waals surface area (Å²) in [6.07, 6.45) is 5.24. The molecule has 0 spiro atoms. The minimum Gasteiger partial charge on any atom is -0.480 e. The molecule has 0 aliphatic carbocycles. The van der Waals surface area contributed by atoms with Gasteiger partial charge in [-0.2, -0.15) is 11.8 Å². The average Bonchev–Trinajstić information content (AvgIpc) is 3.35. The first-order valence-corrected chi connectivity index (χ1v) is 11.1.